The number of hydrogen-bond acceptors (Lipinski definition) is 13. The average Bonchev–Trinajstić information content (AvgIpc) is 4.14. The van der Waals surface area contributed by atoms with Gasteiger partial charge in [-0.2, -0.15) is 0 Å². The van der Waals surface area contributed by atoms with Crippen LogP contribution in [0.15, 0.2) is 90.6 Å². The van der Waals surface area contributed by atoms with Crippen molar-refractivity contribution in [3.05, 3.63) is 113 Å². The molecule has 4 atom stereocenters. The van der Waals surface area contributed by atoms with Crippen molar-refractivity contribution in [1.29, 1.82) is 0 Å². The van der Waals surface area contributed by atoms with Crippen LogP contribution >= 0.6 is 0 Å². The summed E-state index contributed by atoms with van der Waals surface area (Å²) < 4.78 is 48.1. The molecule has 1 aliphatic carbocycles. The SMILES string of the molecule is C=C(C)c1ccccc1[C@@H]1CCCN1C1CC2(CCN(c3ccc(C(=O)NS(=O)(=O)c4cc5c(c([N+](=O)[O-])c4)N[C@H](CN4C[C@H]6C[C@@H]4CO6)CO5)c(Oc4cnc5[nH]ccc5c4)c3)CC2)C1. The third-order valence-electron chi connectivity index (χ3n) is 14.9. The number of nitro groups is 1. The van der Waals surface area contributed by atoms with Gasteiger partial charge in [-0.1, -0.05) is 36.4 Å². The van der Waals surface area contributed by atoms with E-state index in [4.69, 9.17) is 14.2 Å². The van der Waals surface area contributed by atoms with Gasteiger partial charge in [0.1, 0.15) is 23.8 Å². The minimum atomic E-state index is -4.65. The topological polar surface area (TPSA) is 184 Å². The highest BCUT2D eigenvalue weighted by Gasteiger charge is 2.50. The number of hydrogen-bond donors (Lipinski definition) is 3. The number of likely N-dealkylation sites (tertiary alicyclic amines) is 2. The van der Waals surface area contributed by atoms with Crippen molar-refractivity contribution in [2.75, 3.05) is 56.2 Å². The summed E-state index contributed by atoms with van der Waals surface area (Å²) in [4.78, 5) is 40.2. The average molecular weight is 915 g/mol. The number of ether oxygens (including phenoxy) is 3. The van der Waals surface area contributed by atoms with Gasteiger partial charge in [-0.05, 0) is 99.2 Å². The summed E-state index contributed by atoms with van der Waals surface area (Å²) in [5, 5.41) is 16.4. The largest absolute Gasteiger partial charge is 0.489 e. The summed E-state index contributed by atoms with van der Waals surface area (Å²) in [6.07, 6.45) is 11.3. The van der Waals surface area contributed by atoms with Crippen LogP contribution in [0.3, 0.4) is 0 Å². The number of amides is 1. The van der Waals surface area contributed by atoms with Crippen LogP contribution in [0.4, 0.5) is 17.1 Å². The summed E-state index contributed by atoms with van der Waals surface area (Å²) in [7, 11) is -4.65. The number of allylic oxidation sites excluding steroid dienone is 1. The zero-order chi connectivity index (χ0) is 45.3. The molecule has 4 saturated heterocycles. The van der Waals surface area contributed by atoms with Crippen molar-refractivity contribution < 1.29 is 32.3 Å². The quantitative estimate of drug-likeness (QED) is 0.0820. The molecule has 2 bridgehead atoms. The molecule has 66 heavy (non-hydrogen) atoms. The van der Waals surface area contributed by atoms with Gasteiger partial charge in [0.2, 0.25) is 0 Å². The van der Waals surface area contributed by atoms with Crippen molar-refractivity contribution in [2.24, 2.45) is 5.41 Å². The zero-order valence-corrected chi connectivity index (χ0v) is 37.7. The molecule has 5 aliphatic heterocycles. The molecule has 6 aliphatic rings. The summed E-state index contributed by atoms with van der Waals surface area (Å²) in [6.45, 7) is 11.4. The summed E-state index contributed by atoms with van der Waals surface area (Å²) >= 11 is 0. The van der Waals surface area contributed by atoms with Crippen LogP contribution in [-0.4, -0.2) is 109 Å². The number of piperidine rings is 1. The maximum absolute atomic E-state index is 14.1. The number of carbonyl (C=O) groups excluding carboxylic acids is 1. The highest BCUT2D eigenvalue weighted by atomic mass is 32.2. The van der Waals surface area contributed by atoms with Gasteiger partial charge in [0, 0.05) is 79.8 Å². The van der Waals surface area contributed by atoms with Gasteiger partial charge in [-0.15, -0.1) is 0 Å². The van der Waals surface area contributed by atoms with Crippen LogP contribution in [0.1, 0.15) is 79.4 Å². The number of aromatic nitrogens is 2. The lowest BCUT2D eigenvalue weighted by atomic mass is 9.59. The van der Waals surface area contributed by atoms with Crippen molar-refractivity contribution in [2.45, 2.75) is 87.0 Å². The van der Waals surface area contributed by atoms with Gasteiger partial charge in [0.15, 0.2) is 11.4 Å². The van der Waals surface area contributed by atoms with E-state index in [0.717, 1.165) is 68.2 Å². The molecular formula is C49H54N8O8S. The third kappa shape index (κ3) is 7.94. The molecule has 3 N–H and O–H groups in total. The number of nitrogens with one attached hydrogen (secondary N) is 3. The van der Waals surface area contributed by atoms with E-state index in [-0.39, 0.29) is 46.9 Å². The molecule has 1 amide bonds. The molecule has 2 aromatic heterocycles. The Hall–Kier alpha value is -6.01. The fourth-order valence-corrected chi connectivity index (χ4v) is 12.5. The monoisotopic (exact) mass is 914 g/mol. The van der Waals surface area contributed by atoms with Crippen LogP contribution < -0.4 is 24.4 Å². The first-order valence-electron chi connectivity index (χ1n) is 23.0. The highest BCUT2D eigenvalue weighted by molar-refractivity contribution is 7.90. The van der Waals surface area contributed by atoms with Crippen LogP contribution in [0.25, 0.3) is 16.6 Å². The molecule has 7 heterocycles. The molecule has 11 rings (SSSR count). The van der Waals surface area contributed by atoms with Gasteiger partial charge in [0.05, 0.1) is 40.3 Å². The molecule has 0 radical (unpaired) electrons. The third-order valence-corrected chi connectivity index (χ3v) is 16.2. The molecule has 17 heteroatoms. The zero-order valence-electron chi connectivity index (χ0n) is 36.9. The molecule has 1 spiro atoms. The van der Waals surface area contributed by atoms with E-state index in [9.17, 15) is 23.3 Å². The normalized spacial score (nSPS) is 23.9. The van der Waals surface area contributed by atoms with Crippen LogP contribution in [-0.2, 0) is 14.8 Å². The first-order chi connectivity index (χ1) is 31.9. The molecule has 344 valence electrons. The number of fused-ring (bicyclic) bond motifs is 4. The number of rotatable bonds is 12. The second-order valence-electron chi connectivity index (χ2n) is 19.1. The number of pyridine rings is 1. The summed E-state index contributed by atoms with van der Waals surface area (Å²) in [5.74, 6) is -0.436. The first-order valence-corrected chi connectivity index (χ1v) is 24.5. The smallest absolute Gasteiger partial charge is 0.297 e. The summed E-state index contributed by atoms with van der Waals surface area (Å²) in [6, 6.07) is 20.7. The Bertz CT molecular complexity index is 2850. The van der Waals surface area contributed by atoms with Crippen molar-refractivity contribution in [1.82, 2.24) is 24.5 Å². The Balaban J connectivity index is 0.800. The number of nitrogens with zero attached hydrogens (tertiary/aromatic N) is 5. The lowest BCUT2D eigenvalue weighted by molar-refractivity contribution is -0.384. The second-order valence-corrected chi connectivity index (χ2v) is 20.8. The van der Waals surface area contributed by atoms with Gasteiger partial charge in [-0.3, -0.25) is 24.7 Å². The van der Waals surface area contributed by atoms with Crippen molar-refractivity contribution in [3.8, 4) is 17.2 Å². The van der Waals surface area contributed by atoms with Gasteiger partial charge in [0.25, 0.3) is 21.6 Å². The number of sulfonamides is 1. The Labute approximate surface area is 383 Å². The van der Waals surface area contributed by atoms with E-state index < -0.39 is 31.4 Å². The number of H-pyrrole nitrogens is 1. The van der Waals surface area contributed by atoms with E-state index in [1.165, 1.54) is 49.1 Å². The fourth-order valence-electron chi connectivity index (χ4n) is 11.5. The van der Waals surface area contributed by atoms with E-state index >= 15 is 0 Å². The Kier molecular flexibility index (Phi) is 10.8. The van der Waals surface area contributed by atoms with E-state index in [0.29, 0.717) is 42.7 Å². The first kappa shape index (κ1) is 42.6. The Morgan fingerprint density at radius 3 is 2.65 bits per heavy atom. The number of carbonyl (C=O) groups is 1. The Morgan fingerprint density at radius 2 is 1.88 bits per heavy atom. The molecule has 16 nitrogen and oxygen atoms in total. The molecule has 5 fully saturated rings. The molecule has 3 aromatic carbocycles. The molecule has 1 saturated carbocycles. The van der Waals surface area contributed by atoms with Crippen molar-refractivity contribution in [3.63, 3.8) is 0 Å². The number of benzene rings is 3. The molecule has 0 unspecified atom stereocenters. The number of nitro benzene ring substituents is 1. The maximum Gasteiger partial charge on any atom is 0.297 e. The minimum absolute atomic E-state index is 0.0194. The van der Waals surface area contributed by atoms with Gasteiger partial charge >= 0.3 is 0 Å². The molecule has 5 aromatic rings. The lowest BCUT2D eigenvalue weighted by Crippen LogP contribution is -2.54. The standard InChI is InChI=1S/C49H54N8O8S/c1-30(2)39-6-3-4-7-40(39)42-8-5-15-56(42)35-23-49(24-35)12-16-54(17-13-49)33-9-10-41(44(20-33)65-36-18-31-11-14-50-47(31)51-25-36)48(58)53-66(61,62)38-21-43(57(59)60)46-45(22-38)64-28-32(52-46)26-55-27-37-19-34(55)29-63-37/h3-4,6-7,9-11,14,18,20-22,25,32,34-35,37,42,52H,1,5,8,12-13,15-17,19,23-24,26-29H2,2H3,(H,50,51)(H,53,58)/t32-,34-,37-,42+/m1/s1. The van der Waals surface area contributed by atoms with Crippen LogP contribution in [0, 0.1) is 15.5 Å². The number of morpholine rings is 1. The van der Waals surface area contributed by atoms with E-state index in [2.05, 4.69) is 72.5 Å². The Morgan fingerprint density at radius 1 is 1.05 bits per heavy atom. The highest BCUT2D eigenvalue weighted by Crippen LogP contribution is 2.54. The summed E-state index contributed by atoms with van der Waals surface area (Å²) in [5.41, 5.74) is 5.17. The van der Waals surface area contributed by atoms with Crippen LogP contribution in [0.5, 0.6) is 17.2 Å². The maximum atomic E-state index is 14.1. The lowest BCUT2D eigenvalue weighted by Gasteiger charge is -2.56. The predicted molar refractivity (Wildman–Crippen MR) is 250 cm³/mol. The van der Waals surface area contributed by atoms with E-state index in [1.807, 2.05) is 12.1 Å². The van der Waals surface area contributed by atoms with Crippen LogP contribution in [0.2, 0.25) is 0 Å². The number of anilines is 2. The van der Waals surface area contributed by atoms with Gasteiger partial charge < -0.3 is 29.4 Å². The molecular weight excluding hydrogens is 861 g/mol. The second kappa shape index (κ2) is 16.7. The van der Waals surface area contributed by atoms with Crippen molar-refractivity contribution >= 4 is 49.6 Å². The number of aromatic amines is 1. The van der Waals surface area contributed by atoms with E-state index in [1.54, 1.807) is 24.4 Å². The predicted octanol–water partition coefficient (Wildman–Crippen LogP) is 7.65. The van der Waals surface area contributed by atoms with Gasteiger partial charge in [-0.25, -0.2) is 18.1 Å². The fraction of sp³-hybridized carbons (Fsp3) is 0.429. The minimum Gasteiger partial charge on any atom is -0.489 e.